The quantitative estimate of drug-likeness (QED) is 0.479. The lowest BCUT2D eigenvalue weighted by Gasteiger charge is -2.15. The molecule has 186 valence electrons. The van der Waals surface area contributed by atoms with E-state index < -0.39 is 20.0 Å². The Labute approximate surface area is 201 Å². The number of nitrogens with one attached hydrogen (secondary N) is 2. The van der Waals surface area contributed by atoms with Crippen molar-refractivity contribution in [1.82, 2.24) is 14.3 Å². The molecule has 11 heteroatoms. The van der Waals surface area contributed by atoms with E-state index in [2.05, 4.69) is 10.0 Å². The largest absolute Gasteiger partial charge is 0.484 e. The topological polar surface area (TPSA) is 122 Å². The molecule has 1 saturated heterocycles. The molecule has 0 aliphatic carbocycles. The maximum Gasteiger partial charge on any atom is 0.258 e. The van der Waals surface area contributed by atoms with Gasteiger partial charge >= 0.3 is 0 Å². The number of sulfonamides is 2. The fraction of sp³-hybridized carbons (Fsp3) is 0.435. The first kappa shape index (κ1) is 26.1. The van der Waals surface area contributed by atoms with Gasteiger partial charge in [-0.15, -0.1) is 0 Å². The molecule has 3 rings (SSSR count). The van der Waals surface area contributed by atoms with E-state index in [1.165, 1.54) is 22.5 Å². The van der Waals surface area contributed by atoms with Crippen molar-refractivity contribution in [3.05, 3.63) is 53.6 Å². The van der Waals surface area contributed by atoms with E-state index in [9.17, 15) is 21.6 Å². The predicted molar refractivity (Wildman–Crippen MR) is 128 cm³/mol. The van der Waals surface area contributed by atoms with Gasteiger partial charge in [0.15, 0.2) is 6.61 Å². The van der Waals surface area contributed by atoms with E-state index in [0.29, 0.717) is 37.4 Å². The number of amides is 1. The number of hydrogen-bond acceptors (Lipinski definition) is 6. The van der Waals surface area contributed by atoms with Gasteiger partial charge in [0.05, 0.1) is 9.79 Å². The minimum atomic E-state index is -3.57. The Balaban J connectivity index is 1.51. The van der Waals surface area contributed by atoms with Crippen LogP contribution in [0.2, 0.25) is 0 Å². The number of carbonyl (C=O) groups is 1. The summed E-state index contributed by atoms with van der Waals surface area (Å²) in [6.07, 6.45) is 2.45. The van der Waals surface area contributed by atoms with Crippen molar-refractivity contribution in [2.24, 2.45) is 0 Å². The number of carbonyl (C=O) groups excluding carboxylic acids is 1. The molecule has 1 aliphatic rings. The minimum absolute atomic E-state index is 0.144. The van der Waals surface area contributed by atoms with Crippen LogP contribution in [0.3, 0.4) is 0 Å². The van der Waals surface area contributed by atoms with Crippen LogP contribution in [0.5, 0.6) is 5.75 Å². The van der Waals surface area contributed by atoms with Crippen molar-refractivity contribution in [3.8, 4) is 5.75 Å². The first-order chi connectivity index (χ1) is 16.1. The van der Waals surface area contributed by atoms with Gasteiger partial charge < -0.3 is 10.1 Å². The van der Waals surface area contributed by atoms with Crippen LogP contribution in [0.25, 0.3) is 0 Å². The van der Waals surface area contributed by atoms with E-state index in [0.717, 1.165) is 18.4 Å². The number of benzene rings is 2. The Morgan fingerprint density at radius 1 is 1.00 bits per heavy atom. The van der Waals surface area contributed by atoms with Crippen LogP contribution in [-0.4, -0.2) is 53.3 Å². The number of ether oxygens (including phenoxy) is 1. The molecule has 0 spiro atoms. The maximum absolute atomic E-state index is 12.6. The second-order valence-electron chi connectivity index (χ2n) is 8.15. The van der Waals surface area contributed by atoms with Crippen molar-refractivity contribution in [3.63, 3.8) is 0 Å². The standard InChI is InChI=1S/C23H31N3O6S2/c1-3-12-25-33(28,29)21-10-11-22(18(2)15-21)32-17-23(27)24-16-19-6-8-20(9-7-19)34(30,31)26-13-4-5-14-26/h6-11,15,25H,3-5,12-14,16-17H2,1-2H3,(H,24,27). The molecule has 34 heavy (non-hydrogen) atoms. The Hall–Kier alpha value is -2.47. The summed E-state index contributed by atoms with van der Waals surface area (Å²) in [7, 11) is -7.04. The van der Waals surface area contributed by atoms with Crippen LogP contribution >= 0.6 is 0 Å². The molecule has 0 radical (unpaired) electrons. The fourth-order valence-electron chi connectivity index (χ4n) is 3.52. The highest BCUT2D eigenvalue weighted by molar-refractivity contribution is 7.89. The van der Waals surface area contributed by atoms with E-state index in [1.54, 1.807) is 31.2 Å². The highest BCUT2D eigenvalue weighted by Gasteiger charge is 2.26. The Kier molecular flexibility index (Phi) is 8.69. The van der Waals surface area contributed by atoms with Gasteiger partial charge in [0, 0.05) is 26.2 Å². The van der Waals surface area contributed by atoms with Crippen molar-refractivity contribution in [2.75, 3.05) is 26.2 Å². The van der Waals surface area contributed by atoms with E-state index in [1.807, 2.05) is 6.92 Å². The lowest BCUT2D eigenvalue weighted by molar-refractivity contribution is -0.123. The van der Waals surface area contributed by atoms with Crippen molar-refractivity contribution >= 4 is 26.0 Å². The van der Waals surface area contributed by atoms with Crippen molar-refractivity contribution in [1.29, 1.82) is 0 Å². The summed E-state index contributed by atoms with van der Waals surface area (Å²) in [6.45, 7) is 5.04. The first-order valence-corrected chi connectivity index (χ1v) is 14.1. The molecule has 0 aromatic heterocycles. The zero-order valence-electron chi connectivity index (χ0n) is 19.4. The molecule has 1 amide bonds. The SMILES string of the molecule is CCCNS(=O)(=O)c1ccc(OCC(=O)NCc2ccc(S(=O)(=O)N3CCCC3)cc2)c(C)c1. The van der Waals surface area contributed by atoms with E-state index >= 15 is 0 Å². The molecule has 0 saturated carbocycles. The summed E-state index contributed by atoms with van der Waals surface area (Å²) in [5.41, 5.74) is 1.36. The third-order valence-corrected chi connectivity index (χ3v) is 8.84. The Morgan fingerprint density at radius 3 is 2.26 bits per heavy atom. The molecule has 1 heterocycles. The van der Waals surface area contributed by atoms with E-state index in [-0.39, 0.29) is 28.8 Å². The van der Waals surface area contributed by atoms with Gasteiger partial charge in [0.1, 0.15) is 5.75 Å². The summed E-state index contributed by atoms with van der Waals surface area (Å²) in [5, 5.41) is 2.73. The lowest BCUT2D eigenvalue weighted by atomic mass is 10.2. The first-order valence-electron chi connectivity index (χ1n) is 11.2. The highest BCUT2D eigenvalue weighted by Crippen LogP contribution is 2.22. The number of nitrogens with zero attached hydrogens (tertiary/aromatic N) is 1. The molecule has 1 aliphatic heterocycles. The average Bonchev–Trinajstić information content (AvgIpc) is 3.37. The van der Waals surface area contributed by atoms with Gasteiger partial charge in [-0.25, -0.2) is 21.6 Å². The monoisotopic (exact) mass is 509 g/mol. The maximum atomic E-state index is 12.6. The van der Waals surface area contributed by atoms with Gasteiger partial charge in [-0.05, 0) is 67.6 Å². The van der Waals surface area contributed by atoms with Gasteiger partial charge in [-0.3, -0.25) is 4.79 Å². The van der Waals surface area contributed by atoms with Crippen LogP contribution in [0.4, 0.5) is 0 Å². The predicted octanol–water partition coefficient (Wildman–Crippen LogP) is 2.16. The summed E-state index contributed by atoms with van der Waals surface area (Å²) >= 11 is 0. The molecule has 2 aromatic rings. The summed E-state index contributed by atoms with van der Waals surface area (Å²) in [5.74, 6) is 0.0653. The smallest absolute Gasteiger partial charge is 0.258 e. The van der Waals surface area contributed by atoms with Gasteiger partial charge in [-0.1, -0.05) is 19.1 Å². The Morgan fingerprint density at radius 2 is 1.65 bits per heavy atom. The fourth-order valence-corrected chi connectivity index (χ4v) is 6.26. The third kappa shape index (κ3) is 6.56. The number of rotatable bonds is 11. The van der Waals surface area contributed by atoms with Gasteiger partial charge in [-0.2, -0.15) is 4.31 Å². The normalized spacial score (nSPS) is 14.8. The molecular weight excluding hydrogens is 478 g/mol. The molecule has 1 fully saturated rings. The number of aryl methyl sites for hydroxylation is 1. The molecule has 2 aromatic carbocycles. The molecule has 9 nitrogen and oxygen atoms in total. The van der Waals surface area contributed by atoms with Crippen LogP contribution in [0, 0.1) is 6.92 Å². The zero-order valence-corrected chi connectivity index (χ0v) is 21.0. The second-order valence-corrected chi connectivity index (χ2v) is 11.9. The van der Waals surface area contributed by atoms with E-state index in [4.69, 9.17) is 4.74 Å². The van der Waals surface area contributed by atoms with Crippen LogP contribution in [0.15, 0.2) is 52.3 Å². The zero-order chi connectivity index (χ0) is 24.8. The highest BCUT2D eigenvalue weighted by atomic mass is 32.2. The molecule has 0 unspecified atom stereocenters. The summed E-state index contributed by atoms with van der Waals surface area (Å²) in [4.78, 5) is 12.6. The minimum Gasteiger partial charge on any atom is -0.484 e. The summed E-state index contributed by atoms with van der Waals surface area (Å²) < 4.78 is 59.2. The molecular formula is C23H31N3O6S2. The third-order valence-electron chi connectivity index (χ3n) is 5.47. The lowest BCUT2D eigenvalue weighted by Crippen LogP contribution is -2.29. The molecule has 0 atom stereocenters. The number of hydrogen-bond donors (Lipinski definition) is 2. The van der Waals surface area contributed by atoms with Crippen LogP contribution in [0.1, 0.15) is 37.3 Å². The molecule has 0 bridgehead atoms. The van der Waals surface area contributed by atoms with Crippen LogP contribution < -0.4 is 14.8 Å². The van der Waals surface area contributed by atoms with Gasteiger partial charge in [0.25, 0.3) is 5.91 Å². The average molecular weight is 510 g/mol. The molecule has 2 N–H and O–H groups in total. The van der Waals surface area contributed by atoms with Crippen molar-refractivity contribution < 1.29 is 26.4 Å². The van der Waals surface area contributed by atoms with Gasteiger partial charge in [0.2, 0.25) is 20.0 Å². The Bertz CT molecular complexity index is 1210. The van der Waals surface area contributed by atoms with Crippen LogP contribution in [-0.2, 0) is 31.4 Å². The van der Waals surface area contributed by atoms with Crippen molar-refractivity contribution in [2.45, 2.75) is 49.4 Å². The second kappa shape index (κ2) is 11.3. The summed E-state index contributed by atoms with van der Waals surface area (Å²) in [6, 6.07) is 10.9.